The molecule has 4 rings (SSSR count). The number of hydrogen-bond donors (Lipinski definition) is 4. The number of amides is 3. The molecule has 3 amide bonds. The average molecular weight is 630 g/mol. The van der Waals surface area contributed by atoms with Crippen LogP contribution in [0.2, 0.25) is 0 Å². The van der Waals surface area contributed by atoms with Gasteiger partial charge in [0.25, 0.3) is 0 Å². The minimum atomic E-state index is -1.16. The lowest BCUT2D eigenvalue weighted by Crippen LogP contribution is -2.53. The Hall–Kier alpha value is -4.74. The van der Waals surface area contributed by atoms with Gasteiger partial charge in [-0.05, 0) is 36.3 Å². The first-order chi connectivity index (χ1) is 22.1. The van der Waals surface area contributed by atoms with Crippen LogP contribution in [0.15, 0.2) is 84.7 Å². The summed E-state index contributed by atoms with van der Waals surface area (Å²) in [4.78, 5) is 54.6. The Morgan fingerprint density at radius 1 is 0.978 bits per heavy atom. The number of hydrogen-bond acceptors (Lipinski definition) is 8. The number of nitrogens with two attached hydrogens (primary N) is 1. The lowest BCUT2D eigenvalue weighted by molar-refractivity contribution is -0.129. The number of aldehydes is 1. The number of aliphatic hydroxyl groups is 1. The zero-order chi connectivity index (χ0) is 33.2. The number of benzene rings is 3. The van der Waals surface area contributed by atoms with E-state index in [0.29, 0.717) is 18.4 Å². The van der Waals surface area contributed by atoms with Crippen LogP contribution in [0.4, 0.5) is 10.5 Å². The van der Waals surface area contributed by atoms with Crippen molar-refractivity contribution in [2.75, 3.05) is 11.6 Å². The number of aliphatic hydroxyl groups excluding tert-OH is 1. The highest BCUT2D eigenvalue weighted by Gasteiger charge is 2.34. The molecule has 1 aliphatic rings. The minimum absolute atomic E-state index is 0.00344. The molecule has 0 spiro atoms. The maximum atomic E-state index is 13.9. The summed E-state index contributed by atoms with van der Waals surface area (Å²) in [5, 5.41) is 18.2. The molecule has 0 saturated carbocycles. The number of alkyl carbamates (subject to hydrolysis) is 1. The van der Waals surface area contributed by atoms with E-state index >= 15 is 0 Å². The monoisotopic (exact) mass is 629 g/mol. The molecule has 1 heterocycles. The summed E-state index contributed by atoms with van der Waals surface area (Å²) in [6, 6.07) is 20.2. The van der Waals surface area contributed by atoms with Gasteiger partial charge < -0.3 is 35.9 Å². The van der Waals surface area contributed by atoms with Gasteiger partial charge in [-0.1, -0.05) is 80.6 Å². The molecule has 0 radical (unpaired) electrons. The summed E-state index contributed by atoms with van der Waals surface area (Å²) in [6.45, 7) is 5.65. The number of ether oxygens (including phenoxy) is 1. The van der Waals surface area contributed by atoms with E-state index in [2.05, 4.69) is 10.6 Å². The van der Waals surface area contributed by atoms with Crippen LogP contribution in [0.25, 0.3) is 10.8 Å². The number of rotatable bonds is 14. The van der Waals surface area contributed by atoms with Crippen molar-refractivity contribution in [2.45, 2.75) is 70.9 Å². The van der Waals surface area contributed by atoms with E-state index in [4.69, 9.17) is 10.5 Å². The highest BCUT2D eigenvalue weighted by molar-refractivity contribution is 5.96. The maximum absolute atomic E-state index is 13.9. The Labute approximate surface area is 269 Å². The Morgan fingerprint density at radius 2 is 1.67 bits per heavy atom. The topological polar surface area (TPSA) is 154 Å². The highest BCUT2D eigenvalue weighted by Crippen LogP contribution is 2.34. The third kappa shape index (κ3) is 8.92. The predicted octanol–water partition coefficient (Wildman–Crippen LogP) is 3.80. The predicted molar refractivity (Wildman–Crippen MR) is 176 cm³/mol. The average Bonchev–Trinajstić information content (AvgIpc) is 3.46. The molecule has 3 aromatic carbocycles. The highest BCUT2D eigenvalue weighted by atomic mass is 16.5. The molecular weight excluding hydrogens is 586 g/mol. The van der Waals surface area contributed by atoms with Crippen LogP contribution < -0.4 is 21.3 Å². The first-order valence-electron chi connectivity index (χ1n) is 15.5. The van der Waals surface area contributed by atoms with Gasteiger partial charge in [0.15, 0.2) is 0 Å². The van der Waals surface area contributed by atoms with E-state index in [9.17, 15) is 24.3 Å². The second-order valence-corrected chi connectivity index (χ2v) is 12.0. The van der Waals surface area contributed by atoms with E-state index in [-0.39, 0.29) is 37.9 Å². The molecule has 0 saturated heterocycles. The van der Waals surface area contributed by atoms with Gasteiger partial charge >= 0.3 is 6.09 Å². The van der Waals surface area contributed by atoms with Crippen LogP contribution in [-0.2, 0) is 25.7 Å². The first-order valence-corrected chi connectivity index (χ1v) is 15.5. The first kappa shape index (κ1) is 34.1. The van der Waals surface area contributed by atoms with E-state index in [1.165, 1.54) is 4.90 Å². The molecule has 0 unspecified atom stereocenters. The normalized spacial score (nSPS) is 15.6. The summed E-state index contributed by atoms with van der Waals surface area (Å²) >= 11 is 0. The van der Waals surface area contributed by atoms with Gasteiger partial charge in [-0.2, -0.15) is 0 Å². The van der Waals surface area contributed by atoms with Crippen LogP contribution in [0, 0.1) is 5.92 Å². The minimum Gasteiger partial charge on any atom is -0.445 e. The van der Waals surface area contributed by atoms with E-state index in [1.807, 2.05) is 91.5 Å². The molecule has 11 heteroatoms. The number of carbonyl (C=O) groups excluding carboxylic acids is 4. The molecule has 0 bridgehead atoms. The SMILES string of the molecule is CC(C)C[C@H](NC(=O)[C@H](CC1=CN(C(=O)[C@H](C)N)CN1c1cccc2ccccc12)NC(=O)OCc1ccccc1)[C@@H](O)CC=O. The summed E-state index contributed by atoms with van der Waals surface area (Å²) < 4.78 is 5.45. The van der Waals surface area contributed by atoms with Gasteiger partial charge in [0.05, 0.1) is 23.9 Å². The molecular formula is C35H43N5O6. The number of carbonyl (C=O) groups is 4. The molecule has 3 aromatic rings. The van der Waals surface area contributed by atoms with Gasteiger partial charge in [-0.15, -0.1) is 0 Å². The van der Waals surface area contributed by atoms with Crippen molar-refractivity contribution < 1.29 is 29.0 Å². The summed E-state index contributed by atoms with van der Waals surface area (Å²) in [7, 11) is 0. The number of nitrogens with zero attached hydrogens (tertiary/aromatic N) is 2. The molecule has 11 nitrogen and oxygen atoms in total. The lowest BCUT2D eigenvalue weighted by Gasteiger charge is -2.29. The van der Waals surface area contributed by atoms with Crippen molar-refractivity contribution in [3.8, 4) is 0 Å². The van der Waals surface area contributed by atoms with E-state index in [1.54, 1.807) is 13.1 Å². The summed E-state index contributed by atoms with van der Waals surface area (Å²) in [5.74, 6) is -0.764. The van der Waals surface area contributed by atoms with E-state index < -0.39 is 36.2 Å². The fraction of sp³-hybridized carbons (Fsp3) is 0.371. The lowest BCUT2D eigenvalue weighted by atomic mass is 9.97. The zero-order valence-electron chi connectivity index (χ0n) is 26.5. The molecule has 5 N–H and O–H groups in total. The third-order valence-electron chi connectivity index (χ3n) is 7.77. The van der Waals surface area contributed by atoms with Crippen molar-refractivity contribution in [1.29, 1.82) is 0 Å². The fourth-order valence-corrected chi connectivity index (χ4v) is 5.46. The standard InChI is InChI=1S/C35H43N5O6/c1-23(2)18-29(32(42)16-17-41)37-33(43)30(38-35(45)46-21-25-10-5-4-6-11-25)19-27-20-39(34(44)24(3)36)22-40(27)31-15-9-13-26-12-7-8-14-28(26)31/h4-15,17,20,23-24,29-30,32,42H,16,18-19,21-22,36H2,1-3H3,(H,37,43)(H,38,45)/t24-,29-,30-,32-/m0/s1. The molecule has 46 heavy (non-hydrogen) atoms. The van der Waals surface area contributed by atoms with Crippen LogP contribution in [0.3, 0.4) is 0 Å². The third-order valence-corrected chi connectivity index (χ3v) is 7.77. The summed E-state index contributed by atoms with van der Waals surface area (Å²) in [5.41, 5.74) is 8.13. The molecule has 4 atom stereocenters. The Bertz CT molecular complexity index is 1540. The fourth-order valence-electron chi connectivity index (χ4n) is 5.46. The van der Waals surface area contributed by atoms with Crippen molar-refractivity contribution in [3.63, 3.8) is 0 Å². The van der Waals surface area contributed by atoms with Crippen LogP contribution in [0.1, 0.15) is 45.6 Å². The maximum Gasteiger partial charge on any atom is 0.408 e. The Balaban J connectivity index is 1.66. The van der Waals surface area contributed by atoms with Crippen LogP contribution in [-0.4, -0.2) is 65.1 Å². The van der Waals surface area contributed by atoms with Gasteiger partial charge in [0, 0.05) is 30.1 Å². The summed E-state index contributed by atoms with van der Waals surface area (Å²) in [6.07, 6.45) is 0.587. The van der Waals surface area contributed by atoms with E-state index in [0.717, 1.165) is 22.0 Å². The molecule has 244 valence electrons. The number of nitrogens with one attached hydrogen (secondary N) is 2. The zero-order valence-corrected chi connectivity index (χ0v) is 26.5. The van der Waals surface area contributed by atoms with Crippen molar-refractivity contribution in [3.05, 3.63) is 90.3 Å². The second-order valence-electron chi connectivity index (χ2n) is 12.0. The Morgan fingerprint density at radius 3 is 2.37 bits per heavy atom. The Kier molecular flexibility index (Phi) is 11.9. The van der Waals surface area contributed by atoms with Gasteiger partial charge in [-0.25, -0.2) is 4.79 Å². The quantitative estimate of drug-likeness (QED) is 0.196. The van der Waals surface area contributed by atoms with Crippen molar-refractivity contribution >= 4 is 40.7 Å². The van der Waals surface area contributed by atoms with Crippen LogP contribution in [0.5, 0.6) is 0 Å². The molecule has 0 aromatic heterocycles. The molecule has 1 aliphatic heterocycles. The second kappa shape index (κ2) is 16.0. The molecule has 0 aliphatic carbocycles. The van der Waals surface area contributed by atoms with Crippen molar-refractivity contribution in [1.82, 2.24) is 15.5 Å². The number of fused-ring (bicyclic) bond motifs is 1. The smallest absolute Gasteiger partial charge is 0.408 e. The van der Waals surface area contributed by atoms with Gasteiger partial charge in [-0.3, -0.25) is 14.5 Å². The van der Waals surface area contributed by atoms with Gasteiger partial charge in [0.1, 0.15) is 25.6 Å². The van der Waals surface area contributed by atoms with Crippen LogP contribution >= 0.6 is 0 Å². The number of anilines is 1. The van der Waals surface area contributed by atoms with Gasteiger partial charge in [0.2, 0.25) is 11.8 Å². The van der Waals surface area contributed by atoms with Crippen molar-refractivity contribution in [2.24, 2.45) is 11.7 Å². The molecule has 0 fully saturated rings. The largest absolute Gasteiger partial charge is 0.445 e.